The number of Topliss-reactive ketones (excluding diaryl/α,β-unsaturated/α-hetero) is 1. The summed E-state index contributed by atoms with van der Waals surface area (Å²) < 4.78 is 24.5. The molecule has 6 nitrogen and oxygen atoms in total. The third-order valence-corrected chi connectivity index (χ3v) is 9.72. The largest absolute Gasteiger partial charge is 0.459 e. The fraction of sp³-hybridized carbons (Fsp3) is 0.852. The van der Waals surface area contributed by atoms with Crippen LogP contribution in [0.4, 0.5) is 0 Å². The maximum absolute atomic E-state index is 13.4. The highest BCUT2D eigenvalue weighted by atomic mass is 16.6. The fourth-order valence-corrected chi connectivity index (χ4v) is 7.47. The SMILES string of the molecule is CO[C@H]1[C@H](C2(C)O[C@@H]2CC=C(C)C)[C@]2(CC[C@H]1OC(=O)C1CC3(C(C)=O)CCC1CC3)CO2. The Morgan fingerprint density at radius 1 is 1.09 bits per heavy atom. The van der Waals surface area contributed by atoms with Gasteiger partial charge in [-0.2, -0.15) is 0 Å². The molecule has 2 aliphatic heterocycles. The molecular weight excluding hydrogens is 420 g/mol. The summed E-state index contributed by atoms with van der Waals surface area (Å²) >= 11 is 0. The first-order valence-electron chi connectivity index (χ1n) is 12.8. The van der Waals surface area contributed by atoms with Crippen molar-refractivity contribution in [3.8, 4) is 0 Å². The number of ether oxygens (including phenoxy) is 4. The second-order valence-electron chi connectivity index (χ2n) is 11.8. The molecule has 0 amide bonds. The van der Waals surface area contributed by atoms with Crippen LogP contribution in [0.25, 0.3) is 0 Å². The van der Waals surface area contributed by atoms with E-state index in [1.54, 1.807) is 14.0 Å². The quantitative estimate of drug-likeness (QED) is 0.319. The molecule has 6 aliphatic rings. The molecule has 7 atom stereocenters. The van der Waals surface area contributed by atoms with E-state index in [4.69, 9.17) is 18.9 Å². The molecule has 2 unspecified atom stereocenters. The first kappa shape index (κ1) is 23.5. The van der Waals surface area contributed by atoms with E-state index in [-0.39, 0.29) is 58.5 Å². The lowest BCUT2D eigenvalue weighted by atomic mass is 9.55. The number of allylic oxidation sites excluding steroid dienone is 1. The van der Waals surface area contributed by atoms with Gasteiger partial charge < -0.3 is 18.9 Å². The highest BCUT2D eigenvalue weighted by Gasteiger charge is 2.72. The van der Waals surface area contributed by atoms with Gasteiger partial charge in [0, 0.05) is 12.5 Å². The van der Waals surface area contributed by atoms with Crippen molar-refractivity contribution in [2.24, 2.45) is 23.2 Å². The number of hydrogen-bond acceptors (Lipinski definition) is 6. The molecular formula is C27H40O6. The number of methoxy groups -OCH3 is 1. The van der Waals surface area contributed by atoms with Gasteiger partial charge in [0.05, 0.1) is 24.5 Å². The van der Waals surface area contributed by atoms with E-state index in [2.05, 4.69) is 26.8 Å². The molecule has 0 aromatic carbocycles. The van der Waals surface area contributed by atoms with E-state index in [9.17, 15) is 9.59 Å². The zero-order valence-electron chi connectivity index (χ0n) is 20.9. The van der Waals surface area contributed by atoms with E-state index in [1.165, 1.54) is 5.57 Å². The highest BCUT2D eigenvalue weighted by molar-refractivity contribution is 5.84. The Bertz CT molecular complexity index is 832. The number of carbonyl (C=O) groups is 2. The molecule has 33 heavy (non-hydrogen) atoms. The number of ketones is 1. The lowest BCUT2D eigenvalue weighted by molar-refractivity contribution is -0.183. The zero-order chi connectivity index (χ0) is 23.6. The zero-order valence-corrected chi connectivity index (χ0v) is 20.9. The molecule has 6 heteroatoms. The lowest BCUT2D eigenvalue weighted by Gasteiger charge is -2.49. The molecule has 6 fully saturated rings. The van der Waals surface area contributed by atoms with Crippen LogP contribution in [0, 0.1) is 23.2 Å². The average molecular weight is 461 g/mol. The summed E-state index contributed by atoms with van der Waals surface area (Å²) in [6, 6.07) is 0. The van der Waals surface area contributed by atoms with E-state index in [0.717, 1.165) is 51.6 Å². The number of fused-ring (bicyclic) bond motifs is 3. The van der Waals surface area contributed by atoms with Crippen LogP contribution in [0.5, 0.6) is 0 Å². The Labute approximate surface area is 197 Å². The standard InChI is InChI=1S/C27H40O6/c1-16(2)6-7-21-25(4,33-21)23-22(30-5)20(10-13-27(23)15-31-27)32-24(29)19-14-26(17(3)28)11-8-18(19)9-12-26/h6,18-23H,7-15H2,1-5H3/t18?,19?,20-,21-,22-,23-,25?,26?,27+/m1/s1. The van der Waals surface area contributed by atoms with Crippen molar-refractivity contribution in [1.29, 1.82) is 0 Å². The molecule has 2 heterocycles. The Kier molecular flexibility index (Phi) is 5.81. The van der Waals surface area contributed by atoms with Gasteiger partial charge in [-0.1, -0.05) is 11.6 Å². The maximum atomic E-state index is 13.4. The summed E-state index contributed by atoms with van der Waals surface area (Å²) in [7, 11) is 1.71. The summed E-state index contributed by atoms with van der Waals surface area (Å²) in [4.78, 5) is 25.8. The van der Waals surface area contributed by atoms with Crippen molar-refractivity contribution < 1.29 is 28.5 Å². The first-order chi connectivity index (χ1) is 15.6. The minimum Gasteiger partial charge on any atom is -0.459 e. The maximum Gasteiger partial charge on any atom is 0.309 e. The van der Waals surface area contributed by atoms with Crippen LogP contribution in [0.15, 0.2) is 11.6 Å². The Balaban J connectivity index is 1.31. The van der Waals surface area contributed by atoms with Crippen molar-refractivity contribution in [2.75, 3.05) is 13.7 Å². The second kappa shape index (κ2) is 8.17. The van der Waals surface area contributed by atoms with Crippen molar-refractivity contribution in [2.45, 2.75) is 109 Å². The fourth-order valence-electron chi connectivity index (χ4n) is 7.47. The van der Waals surface area contributed by atoms with Crippen LogP contribution in [-0.4, -0.2) is 55.0 Å². The van der Waals surface area contributed by atoms with Crippen LogP contribution in [0.3, 0.4) is 0 Å². The molecule has 1 spiro atoms. The summed E-state index contributed by atoms with van der Waals surface area (Å²) in [6.07, 6.45) is 8.68. The molecule has 0 N–H and O–H groups in total. The number of rotatable bonds is 7. The molecule has 184 valence electrons. The Morgan fingerprint density at radius 2 is 1.79 bits per heavy atom. The molecule has 2 bridgehead atoms. The van der Waals surface area contributed by atoms with Gasteiger partial charge in [0.25, 0.3) is 0 Å². The molecule has 0 aromatic heterocycles. The first-order valence-corrected chi connectivity index (χ1v) is 12.8. The minimum atomic E-state index is -0.337. The van der Waals surface area contributed by atoms with E-state index in [1.807, 2.05) is 0 Å². The third-order valence-electron chi connectivity index (χ3n) is 9.72. The molecule has 4 aliphatic carbocycles. The van der Waals surface area contributed by atoms with Crippen LogP contribution in [0.2, 0.25) is 0 Å². The van der Waals surface area contributed by atoms with Crippen LogP contribution < -0.4 is 0 Å². The van der Waals surface area contributed by atoms with E-state index in [0.29, 0.717) is 12.3 Å². The number of esters is 1. The number of carbonyl (C=O) groups excluding carboxylic acids is 2. The number of hydrogen-bond donors (Lipinski definition) is 0. The van der Waals surface area contributed by atoms with Crippen molar-refractivity contribution in [1.82, 2.24) is 0 Å². The topological polar surface area (TPSA) is 77.7 Å². The molecule has 4 saturated carbocycles. The van der Waals surface area contributed by atoms with Crippen LogP contribution in [-0.2, 0) is 28.5 Å². The van der Waals surface area contributed by atoms with Crippen molar-refractivity contribution in [3.05, 3.63) is 11.6 Å². The van der Waals surface area contributed by atoms with Crippen LogP contribution in [0.1, 0.15) is 79.1 Å². The average Bonchev–Trinajstić information content (AvgIpc) is 3.71. The Morgan fingerprint density at radius 3 is 2.36 bits per heavy atom. The second-order valence-corrected chi connectivity index (χ2v) is 11.8. The van der Waals surface area contributed by atoms with E-state index >= 15 is 0 Å². The van der Waals surface area contributed by atoms with Gasteiger partial charge in [0.2, 0.25) is 0 Å². The van der Waals surface area contributed by atoms with Gasteiger partial charge in [-0.25, -0.2) is 0 Å². The van der Waals surface area contributed by atoms with E-state index < -0.39 is 0 Å². The lowest BCUT2D eigenvalue weighted by Crippen LogP contribution is -2.56. The predicted molar refractivity (Wildman–Crippen MR) is 123 cm³/mol. The highest BCUT2D eigenvalue weighted by Crippen LogP contribution is 2.60. The van der Waals surface area contributed by atoms with Gasteiger partial charge in [-0.15, -0.1) is 0 Å². The summed E-state index contributed by atoms with van der Waals surface area (Å²) in [5.41, 5.74) is 0.416. The smallest absolute Gasteiger partial charge is 0.309 e. The monoisotopic (exact) mass is 460 g/mol. The van der Waals surface area contributed by atoms with Crippen LogP contribution >= 0.6 is 0 Å². The number of epoxide rings is 2. The molecule has 6 rings (SSSR count). The normalized spacial score (nSPS) is 47.8. The van der Waals surface area contributed by atoms with Gasteiger partial charge in [0.1, 0.15) is 29.2 Å². The summed E-state index contributed by atoms with van der Waals surface area (Å²) in [5.74, 6) is 0.309. The molecule has 2 saturated heterocycles. The van der Waals surface area contributed by atoms with Gasteiger partial charge in [-0.3, -0.25) is 9.59 Å². The minimum absolute atomic E-state index is 0.0310. The van der Waals surface area contributed by atoms with Crippen molar-refractivity contribution in [3.63, 3.8) is 0 Å². The third kappa shape index (κ3) is 3.90. The van der Waals surface area contributed by atoms with Gasteiger partial charge in [-0.05, 0) is 85.0 Å². The predicted octanol–water partition coefficient (Wildman–Crippen LogP) is 4.39. The summed E-state index contributed by atoms with van der Waals surface area (Å²) in [6.45, 7) is 8.79. The van der Waals surface area contributed by atoms with Gasteiger partial charge >= 0.3 is 5.97 Å². The Hall–Kier alpha value is -1.24. The van der Waals surface area contributed by atoms with Crippen molar-refractivity contribution >= 4 is 11.8 Å². The molecule has 0 aromatic rings. The van der Waals surface area contributed by atoms with Gasteiger partial charge in [0.15, 0.2) is 0 Å². The molecule has 0 radical (unpaired) electrons. The summed E-state index contributed by atoms with van der Waals surface area (Å²) in [5, 5.41) is 0.